The van der Waals surface area contributed by atoms with Gasteiger partial charge in [-0.3, -0.25) is 9.47 Å². The van der Waals surface area contributed by atoms with E-state index in [1.165, 1.54) is 0 Å². The van der Waals surface area contributed by atoms with Gasteiger partial charge >= 0.3 is 6.29 Å². The Bertz CT molecular complexity index is 161. The minimum atomic E-state index is -3.37. The number of ether oxygens (including phenoxy) is 2. The van der Waals surface area contributed by atoms with E-state index in [1.54, 1.807) is 0 Å². The first-order valence-electron chi connectivity index (χ1n) is 4.04. The van der Waals surface area contributed by atoms with E-state index in [1.807, 2.05) is 0 Å². The summed E-state index contributed by atoms with van der Waals surface area (Å²) in [6.45, 7) is 1.68. The maximum atomic E-state index is 12.5. The van der Waals surface area contributed by atoms with Gasteiger partial charge in [-0.2, -0.15) is 0 Å². The molecule has 3 nitrogen and oxygen atoms in total. The third kappa shape index (κ3) is 1.57. The lowest BCUT2D eigenvalue weighted by Gasteiger charge is -2.12. The Hall–Kier alpha value is -0.260. The SMILES string of the molecule is FC1(F)OC[C@@H]2CNC[C@H]2CO1. The van der Waals surface area contributed by atoms with Crippen molar-refractivity contribution in [2.75, 3.05) is 26.3 Å². The van der Waals surface area contributed by atoms with Crippen LogP contribution in [0.3, 0.4) is 0 Å². The molecule has 0 aliphatic carbocycles. The van der Waals surface area contributed by atoms with Gasteiger partial charge in [0, 0.05) is 24.9 Å². The van der Waals surface area contributed by atoms with Crippen LogP contribution in [-0.2, 0) is 9.47 Å². The third-order valence-electron chi connectivity index (χ3n) is 2.41. The lowest BCUT2D eigenvalue weighted by atomic mass is 9.98. The fraction of sp³-hybridized carbons (Fsp3) is 1.00. The van der Waals surface area contributed by atoms with Crippen LogP contribution in [0.2, 0.25) is 0 Å². The molecule has 0 unspecified atom stereocenters. The Labute approximate surface area is 69.0 Å². The van der Waals surface area contributed by atoms with Crippen LogP contribution >= 0.6 is 0 Å². The van der Waals surface area contributed by atoms with Crippen molar-refractivity contribution in [2.45, 2.75) is 6.29 Å². The van der Waals surface area contributed by atoms with Crippen molar-refractivity contribution in [3.63, 3.8) is 0 Å². The van der Waals surface area contributed by atoms with Crippen LogP contribution in [0.1, 0.15) is 0 Å². The average molecular weight is 179 g/mol. The van der Waals surface area contributed by atoms with Gasteiger partial charge in [0.05, 0.1) is 13.2 Å². The van der Waals surface area contributed by atoms with Crippen molar-refractivity contribution in [1.82, 2.24) is 5.32 Å². The number of fused-ring (bicyclic) bond motifs is 1. The maximum Gasteiger partial charge on any atom is 0.485 e. The number of rotatable bonds is 0. The highest BCUT2D eigenvalue weighted by Gasteiger charge is 2.41. The van der Waals surface area contributed by atoms with Gasteiger partial charge in [0.1, 0.15) is 0 Å². The van der Waals surface area contributed by atoms with Crippen molar-refractivity contribution < 1.29 is 18.3 Å². The summed E-state index contributed by atoms with van der Waals surface area (Å²) < 4.78 is 33.6. The summed E-state index contributed by atoms with van der Waals surface area (Å²) in [5, 5.41) is 3.11. The van der Waals surface area contributed by atoms with Crippen LogP contribution in [0, 0.1) is 11.8 Å². The second kappa shape index (κ2) is 2.90. The average Bonchev–Trinajstić information content (AvgIpc) is 2.40. The molecule has 0 radical (unpaired) electrons. The molecule has 1 N–H and O–H groups in total. The summed E-state index contributed by atoms with van der Waals surface area (Å²) in [6, 6.07) is 0. The Morgan fingerprint density at radius 3 is 2.08 bits per heavy atom. The van der Waals surface area contributed by atoms with Crippen LogP contribution in [0.25, 0.3) is 0 Å². The Balaban J connectivity index is 1.99. The molecule has 2 fully saturated rings. The predicted molar refractivity (Wildman–Crippen MR) is 36.7 cm³/mol. The molecule has 2 saturated heterocycles. The van der Waals surface area contributed by atoms with Gasteiger partial charge in [-0.25, -0.2) is 0 Å². The fourth-order valence-corrected chi connectivity index (χ4v) is 1.63. The molecule has 0 aromatic heterocycles. The first-order chi connectivity index (χ1) is 5.67. The van der Waals surface area contributed by atoms with Gasteiger partial charge in [0.25, 0.3) is 0 Å². The Morgan fingerprint density at radius 2 is 1.58 bits per heavy atom. The van der Waals surface area contributed by atoms with Gasteiger partial charge in [-0.05, 0) is 0 Å². The van der Waals surface area contributed by atoms with Crippen molar-refractivity contribution in [3.05, 3.63) is 0 Å². The molecule has 0 aromatic carbocycles. The van der Waals surface area contributed by atoms with E-state index in [2.05, 4.69) is 14.8 Å². The lowest BCUT2D eigenvalue weighted by Crippen LogP contribution is -2.25. The highest BCUT2D eigenvalue weighted by molar-refractivity contribution is 4.82. The summed E-state index contributed by atoms with van der Waals surface area (Å²) in [6.07, 6.45) is -3.37. The molecule has 2 heterocycles. The van der Waals surface area contributed by atoms with Gasteiger partial charge in [0.15, 0.2) is 0 Å². The summed E-state index contributed by atoms with van der Waals surface area (Å²) in [5.41, 5.74) is 0. The second-order valence-electron chi connectivity index (χ2n) is 3.26. The molecule has 2 rings (SSSR count). The first kappa shape index (κ1) is 8.34. The van der Waals surface area contributed by atoms with E-state index in [0.717, 1.165) is 13.1 Å². The molecule has 0 aromatic rings. The molecule has 2 aliphatic heterocycles. The number of halogens is 2. The topological polar surface area (TPSA) is 30.5 Å². The fourth-order valence-electron chi connectivity index (χ4n) is 1.63. The molecular weight excluding hydrogens is 168 g/mol. The highest BCUT2D eigenvalue weighted by atomic mass is 19.3. The second-order valence-corrected chi connectivity index (χ2v) is 3.26. The largest absolute Gasteiger partial charge is 0.485 e. The molecule has 0 bridgehead atoms. The number of hydrogen-bond donors (Lipinski definition) is 1. The third-order valence-corrected chi connectivity index (χ3v) is 2.41. The summed E-state index contributed by atoms with van der Waals surface area (Å²) in [7, 11) is 0. The van der Waals surface area contributed by atoms with Crippen molar-refractivity contribution in [3.8, 4) is 0 Å². The van der Waals surface area contributed by atoms with Gasteiger partial charge < -0.3 is 5.32 Å². The van der Waals surface area contributed by atoms with E-state index in [9.17, 15) is 8.78 Å². The number of alkyl halides is 2. The zero-order valence-electron chi connectivity index (χ0n) is 6.56. The van der Waals surface area contributed by atoms with E-state index in [0.29, 0.717) is 0 Å². The lowest BCUT2D eigenvalue weighted by molar-refractivity contribution is -0.387. The Kier molecular flexibility index (Phi) is 2.02. The van der Waals surface area contributed by atoms with Crippen molar-refractivity contribution in [1.29, 1.82) is 0 Å². The molecule has 2 aliphatic rings. The smallest absolute Gasteiger partial charge is 0.316 e. The molecule has 12 heavy (non-hydrogen) atoms. The molecule has 0 spiro atoms. The normalized spacial score (nSPS) is 40.5. The van der Waals surface area contributed by atoms with Crippen molar-refractivity contribution in [2.24, 2.45) is 11.8 Å². The summed E-state index contributed by atoms with van der Waals surface area (Å²) in [5.74, 6) is 0.358. The van der Waals surface area contributed by atoms with E-state index in [-0.39, 0.29) is 25.0 Å². The minimum Gasteiger partial charge on any atom is -0.316 e. The summed E-state index contributed by atoms with van der Waals surface area (Å²) >= 11 is 0. The monoisotopic (exact) mass is 179 g/mol. The molecule has 5 heteroatoms. The standard InChI is InChI=1S/C7H11F2NO2/c8-7(9)11-3-5-1-10-2-6(5)4-12-7/h5-6,10H,1-4H2/t5-,6-/m0/s1. The zero-order valence-corrected chi connectivity index (χ0v) is 6.56. The zero-order chi connectivity index (χ0) is 8.60. The minimum absolute atomic E-state index is 0.0880. The quantitative estimate of drug-likeness (QED) is 0.584. The molecule has 2 atom stereocenters. The van der Waals surface area contributed by atoms with E-state index >= 15 is 0 Å². The summed E-state index contributed by atoms with van der Waals surface area (Å²) in [4.78, 5) is 0. The van der Waals surface area contributed by atoms with Gasteiger partial charge in [-0.1, -0.05) is 0 Å². The maximum absolute atomic E-state index is 12.5. The van der Waals surface area contributed by atoms with E-state index < -0.39 is 6.29 Å². The van der Waals surface area contributed by atoms with Gasteiger partial charge in [0.2, 0.25) is 0 Å². The van der Waals surface area contributed by atoms with Crippen LogP contribution < -0.4 is 5.32 Å². The van der Waals surface area contributed by atoms with Crippen LogP contribution in [0.15, 0.2) is 0 Å². The molecular formula is C7H11F2NO2. The first-order valence-corrected chi connectivity index (χ1v) is 4.04. The Morgan fingerprint density at radius 1 is 1.08 bits per heavy atom. The number of hydrogen-bond acceptors (Lipinski definition) is 3. The van der Waals surface area contributed by atoms with Crippen molar-refractivity contribution >= 4 is 0 Å². The van der Waals surface area contributed by atoms with E-state index in [4.69, 9.17) is 0 Å². The highest BCUT2D eigenvalue weighted by Crippen LogP contribution is 2.28. The molecule has 0 saturated carbocycles. The van der Waals surface area contributed by atoms with Crippen LogP contribution in [0.4, 0.5) is 8.78 Å². The van der Waals surface area contributed by atoms with Crippen LogP contribution in [-0.4, -0.2) is 32.6 Å². The van der Waals surface area contributed by atoms with Gasteiger partial charge in [-0.15, -0.1) is 8.78 Å². The molecule has 0 amide bonds. The van der Waals surface area contributed by atoms with Crippen LogP contribution in [0.5, 0.6) is 0 Å². The number of nitrogens with one attached hydrogen (secondary N) is 1. The predicted octanol–water partition coefficient (Wildman–Crippen LogP) is 0.419. The molecule has 70 valence electrons.